The summed E-state index contributed by atoms with van der Waals surface area (Å²) in [6, 6.07) is 61.6. The van der Waals surface area contributed by atoms with Crippen molar-refractivity contribution in [3.63, 3.8) is 0 Å². The van der Waals surface area contributed by atoms with E-state index < -0.39 is 0 Å². The molecule has 0 fully saturated rings. The van der Waals surface area contributed by atoms with Gasteiger partial charge in [-0.2, -0.15) is 0 Å². The average Bonchev–Trinajstić information content (AvgIpc) is 3.88. The van der Waals surface area contributed by atoms with Gasteiger partial charge in [-0.25, -0.2) is 9.97 Å². The topological polar surface area (TPSA) is 35.1 Å². The summed E-state index contributed by atoms with van der Waals surface area (Å²) in [6.45, 7) is 0. The summed E-state index contributed by atoms with van der Waals surface area (Å²) in [7, 11) is 0. The van der Waals surface area contributed by atoms with Crippen LogP contribution in [-0.4, -0.2) is 18.9 Å². The zero-order valence-corrected chi connectivity index (χ0v) is 29.0. The van der Waals surface area contributed by atoms with Gasteiger partial charge in [0, 0.05) is 48.7 Å². The highest BCUT2D eigenvalue weighted by Crippen LogP contribution is 2.47. The van der Waals surface area contributed by atoms with Crippen molar-refractivity contribution in [2.75, 3.05) is 0 Å². The quantitative estimate of drug-likeness (QED) is 0.170. The SMILES string of the molecule is c1ccc2cc(-c3nc(-n4c5c6ccccc6ccc5c5cc6c7ccccc7n7c8ccccc8c(c54)c67)nc4ccc5ccccc5c34)ccc2c1. The average molecular weight is 685 g/mol. The summed E-state index contributed by atoms with van der Waals surface area (Å²) in [5, 5.41) is 15.5. The lowest BCUT2D eigenvalue weighted by Gasteiger charge is -2.15. The van der Waals surface area contributed by atoms with E-state index in [0.717, 1.165) is 38.6 Å². The molecular weight excluding hydrogens is 657 g/mol. The van der Waals surface area contributed by atoms with E-state index in [4.69, 9.17) is 9.97 Å². The van der Waals surface area contributed by atoms with Gasteiger partial charge in [-0.15, -0.1) is 0 Å². The minimum Gasteiger partial charge on any atom is -0.308 e. The predicted octanol–water partition coefficient (Wildman–Crippen LogP) is 13.0. The van der Waals surface area contributed by atoms with Crippen LogP contribution in [0.1, 0.15) is 0 Å². The molecule has 54 heavy (non-hydrogen) atoms. The van der Waals surface area contributed by atoms with Crippen LogP contribution in [0, 0.1) is 0 Å². The van der Waals surface area contributed by atoms with E-state index in [1.165, 1.54) is 75.8 Å². The maximum Gasteiger partial charge on any atom is 0.235 e. The minimum absolute atomic E-state index is 0.667. The summed E-state index contributed by atoms with van der Waals surface area (Å²) >= 11 is 0. The van der Waals surface area contributed by atoms with Crippen LogP contribution in [0.15, 0.2) is 170 Å². The molecule has 248 valence electrons. The van der Waals surface area contributed by atoms with Crippen LogP contribution in [0.5, 0.6) is 0 Å². The van der Waals surface area contributed by atoms with Crippen molar-refractivity contribution in [1.82, 2.24) is 18.9 Å². The standard InChI is InChI=1S/C50H28N4/c1-2-14-32-27-33(22-21-29(32)11-1)46-44-34-15-5-3-12-30(34)24-26-41(44)51-50(52-46)54-47-35-16-6-4-13-31(35)23-25-37(47)40-28-39-36-17-7-9-19-42(36)53-43-20-10-8-18-38(43)45(48(39)53)49(40)54/h1-28H. The third-order valence-electron chi connectivity index (χ3n) is 11.8. The molecule has 0 spiro atoms. The molecule has 13 rings (SSSR count). The van der Waals surface area contributed by atoms with Crippen LogP contribution in [-0.2, 0) is 0 Å². The third kappa shape index (κ3) is 3.57. The number of benzene rings is 9. The van der Waals surface area contributed by atoms with Gasteiger partial charge in [0.1, 0.15) is 0 Å². The Balaban J connectivity index is 1.28. The fourth-order valence-corrected chi connectivity index (χ4v) is 9.50. The van der Waals surface area contributed by atoms with Gasteiger partial charge in [0.2, 0.25) is 5.95 Å². The van der Waals surface area contributed by atoms with E-state index in [1.54, 1.807) is 0 Å². The first-order chi connectivity index (χ1) is 26.8. The lowest BCUT2D eigenvalue weighted by Crippen LogP contribution is -2.04. The first-order valence-electron chi connectivity index (χ1n) is 18.5. The Morgan fingerprint density at radius 1 is 0.352 bits per heavy atom. The number of aromatic nitrogens is 4. The van der Waals surface area contributed by atoms with Gasteiger partial charge < -0.3 is 4.40 Å². The largest absolute Gasteiger partial charge is 0.308 e. The van der Waals surface area contributed by atoms with Crippen LogP contribution in [0.25, 0.3) is 120 Å². The summed E-state index contributed by atoms with van der Waals surface area (Å²) in [5.74, 6) is 0.667. The van der Waals surface area contributed by atoms with Gasteiger partial charge >= 0.3 is 0 Å². The Morgan fingerprint density at radius 2 is 0.963 bits per heavy atom. The first-order valence-corrected chi connectivity index (χ1v) is 18.5. The molecule has 0 aliphatic heterocycles. The van der Waals surface area contributed by atoms with E-state index in [0.29, 0.717) is 5.95 Å². The molecule has 4 heterocycles. The molecule has 0 aliphatic carbocycles. The van der Waals surface area contributed by atoms with Gasteiger partial charge in [-0.05, 0) is 57.3 Å². The molecule has 0 saturated heterocycles. The minimum atomic E-state index is 0.667. The van der Waals surface area contributed by atoms with Gasteiger partial charge in [-0.1, -0.05) is 140 Å². The van der Waals surface area contributed by atoms with E-state index in [1.807, 2.05) is 0 Å². The fourth-order valence-electron chi connectivity index (χ4n) is 9.50. The Morgan fingerprint density at radius 3 is 1.80 bits per heavy atom. The summed E-state index contributed by atoms with van der Waals surface area (Å²) in [6.07, 6.45) is 0. The third-order valence-corrected chi connectivity index (χ3v) is 11.8. The maximum absolute atomic E-state index is 5.69. The zero-order valence-electron chi connectivity index (χ0n) is 29.0. The molecule has 0 bridgehead atoms. The highest BCUT2D eigenvalue weighted by Gasteiger charge is 2.26. The molecule has 4 nitrogen and oxygen atoms in total. The van der Waals surface area contributed by atoms with Crippen molar-refractivity contribution in [2.24, 2.45) is 0 Å². The Kier molecular flexibility index (Phi) is 5.34. The van der Waals surface area contributed by atoms with Gasteiger partial charge in [0.15, 0.2) is 0 Å². The second kappa shape index (κ2) is 10.2. The van der Waals surface area contributed by atoms with Gasteiger partial charge in [0.25, 0.3) is 0 Å². The van der Waals surface area contributed by atoms with Crippen LogP contribution in [0.3, 0.4) is 0 Å². The fraction of sp³-hybridized carbons (Fsp3) is 0. The van der Waals surface area contributed by atoms with Gasteiger partial charge in [-0.3, -0.25) is 4.57 Å². The van der Waals surface area contributed by atoms with Crippen molar-refractivity contribution in [2.45, 2.75) is 0 Å². The van der Waals surface area contributed by atoms with Gasteiger partial charge in [0.05, 0.1) is 38.8 Å². The summed E-state index contributed by atoms with van der Waals surface area (Å²) < 4.78 is 4.84. The van der Waals surface area contributed by atoms with Crippen molar-refractivity contribution >= 4 is 103 Å². The highest BCUT2D eigenvalue weighted by molar-refractivity contribution is 6.35. The maximum atomic E-state index is 5.69. The number of hydrogen-bond acceptors (Lipinski definition) is 2. The molecule has 0 amide bonds. The first kappa shape index (κ1) is 28.3. The number of fused-ring (bicyclic) bond motifs is 16. The molecule has 13 aromatic rings. The zero-order chi connectivity index (χ0) is 35.1. The normalized spacial score (nSPS) is 12.4. The highest BCUT2D eigenvalue weighted by atomic mass is 15.2. The van der Waals surface area contributed by atoms with E-state index >= 15 is 0 Å². The molecule has 0 unspecified atom stereocenters. The predicted molar refractivity (Wildman–Crippen MR) is 226 cm³/mol. The molecule has 4 heteroatoms. The van der Waals surface area contributed by atoms with E-state index in [2.05, 4.69) is 179 Å². The smallest absolute Gasteiger partial charge is 0.235 e. The van der Waals surface area contributed by atoms with Crippen LogP contribution < -0.4 is 0 Å². The molecule has 0 radical (unpaired) electrons. The molecule has 9 aromatic carbocycles. The Labute approximate surface area is 308 Å². The molecular formula is C50H28N4. The molecule has 0 atom stereocenters. The van der Waals surface area contributed by atoms with Crippen LogP contribution in [0.4, 0.5) is 0 Å². The van der Waals surface area contributed by atoms with Crippen LogP contribution in [0.2, 0.25) is 0 Å². The van der Waals surface area contributed by atoms with Crippen molar-refractivity contribution in [3.8, 4) is 17.2 Å². The van der Waals surface area contributed by atoms with Crippen molar-refractivity contribution in [3.05, 3.63) is 170 Å². The van der Waals surface area contributed by atoms with Crippen molar-refractivity contribution < 1.29 is 0 Å². The lowest BCUT2D eigenvalue weighted by atomic mass is 9.98. The van der Waals surface area contributed by atoms with Crippen molar-refractivity contribution in [1.29, 1.82) is 0 Å². The number of rotatable bonds is 2. The molecule has 4 aromatic heterocycles. The second-order valence-electron chi connectivity index (χ2n) is 14.5. The number of nitrogens with zero attached hydrogens (tertiary/aromatic N) is 4. The number of para-hydroxylation sites is 2. The molecule has 0 N–H and O–H groups in total. The lowest BCUT2D eigenvalue weighted by molar-refractivity contribution is 1.02. The second-order valence-corrected chi connectivity index (χ2v) is 14.5. The van der Waals surface area contributed by atoms with E-state index in [9.17, 15) is 0 Å². The number of hydrogen-bond donors (Lipinski definition) is 0. The molecule has 0 aliphatic rings. The molecule has 0 saturated carbocycles. The Hall–Kier alpha value is -7.30. The monoisotopic (exact) mass is 684 g/mol. The van der Waals surface area contributed by atoms with Crippen LogP contribution >= 0.6 is 0 Å². The summed E-state index contributed by atoms with van der Waals surface area (Å²) in [4.78, 5) is 11.2. The summed E-state index contributed by atoms with van der Waals surface area (Å²) in [5.41, 5.74) is 8.84. The Bertz CT molecular complexity index is 3740. The van der Waals surface area contributed by atoms with E-state index in [-0.39, 0.29) is 0 Å².